The summed E-state index contributed by atoms with van der Waals surface area (Å²) < 4.78 is 5.49. The summed E-state index contributed by atoms with van der Waals surface area (Å²) in [5.41, 5.74) is 0. The number of amides is 1. The predicted octanol–water partition coefficient (Wildman–Crippen LogP) is 22.8. The molecule has 0 aliphatic rings. The molecule has 0 aromatic rings. The summed E-state index contributed by atoms with van der Waals surface area (Å²) in [4.78, 5) is 24.6. The zero-order valence-electron chi connectivity index (χ0n) is 52.5. The van der Waals surface area contributed by atoms with Crippen LogP contribution in [0.5, 0.6) is 0 Å². The van der Waals surface area contributed by atoms with Crippen LogP contribution in [0.2, 0.25) is 0 Å². The third kappa shape index (κ3) is 63.6. The highest BCUT2D eigenvalue weighted by atomic mass is 16.5. The molecule has 0 spiro atoms. The minimum Gasteiger partial charge on any atom is -0.466 e. The maximum absolute atomic E-state index is 12.6. The second-order valence-corrected chi connectivity index (χ2v) is 24.6. The van der Waals surface area contributed by atoms with Crippen molar-refractivity contribution in [3.63, 3.8) is 0 Å². The average molecular weight is 1090 g/mol. The Balaban J connectivity index is 3.38. The normalized spacial score (nSPS) is 12.5. The molecule has 2 unspecified atom stereocenters. The van der Waals surface area contributed by atoms with Gasteiger partial charge in [-0.3, -0.25) is 9.59 Å². The molecule has 3 N–H and O–H groups in total. The highest BCUT2D eigenvalue weighted by Crippen LogP contribution is 2.19. The third-order valence-corrected chi connectivity index (χ3v) is 16.8. The van der Waals surface area contributed by atoms with Crippen LogP contribution in [0.1, 0.15) is 406 Å². The third-order valence-electron chi connectivity index (χ3n) is 16.8. The summed E-state index contributed by atoms with van der Waals surface area (Å²) in [5, 5.41) is 23.4. The smallest absolute Gasteiger partial charge is 0.305 e. The van der Waals surface area contributed by atoms with Gasteiger partial charge < -0.3 is 20.3 Å². The van der Waals surface area contributed by atoms with Crippen molar-refractivity contribution >= 4 is 11.9 Å². The van der Waals surface area contributed by atoms with E-state index in [1.54, 1.807) is 0 Å². The highest BCUT2D eigenvalue weighted by molar-refractivity contribution is 5.76. The summed E-state index contributed by atoms with van der Waals surface area (Å²) in [6.07, 6.45) is 82.5. The van der Waals surface area contributed by atoms with Crippen LogP contribution in [-0.2, 0) is 14.3 Å². The number of aliphatic hydroxyl groups is 2. The zero-order chi connectivity index (χ0) is 55.7. The van der Waals surface area contributed by atoms with Gasteiger partial charge in [0.25, 0.3) is 0 Å². The van der Waals surface area contributed by atoms with Gasteiger partial charge in [-0.15, -0.1) is 0 Å². The molecule has 6 nitrogen and oxygen atoms in total. The van der Waals surface area contributed by atoms with Crippen molar-refractivity contribution in [2.45, 2.75) is 418 Å². The van der Waals surface area contributed by atoms with Gasteiger partial charge >= 0.3 is 5.97 Å². The maximum Gasteiger partial charge on any atom is 0.305 e. The van der Waals surface area contributed by atoms with Crippen LogP contribution < -0.4 is 5.32 Å². The molecule has 0 aliphatic heterocycles. The molecule has 0 heterocycles. The molecule has 0 aromatic heterocycles. The van der Waals surface area contributed by atoms with Crippen LogP contribution in [0.4, 0.5) is 0 Å². The Labute approximate surface area is 482 Å². The summed E-state index contributed by atoms with van der Waals surface area (Å²) in [7, 11) is 0. The lowest BCUT2D eigenvalue weighted by atomic mass is 10.0. The standard InChI is InChI=1S/C71H139NO5/c1-3-5-7-9-11-13-15-17-19-21-22-23-24-26-29-32-35-39-43-47-51-55-59-63-69(74)68(67-73)72-70(75)64-60-56-52-48-44-40-36-33-30-27-25-28-31-34-38-42-46-50-54-58-62-66-77-71(76)65-61-57-53-49-45-41-37-20-18-16-14-12-10-8-6-4-2/h20,37,68-69,73-74H,3-19,21-36,38-67H2,1-2H3,(H,72,75)/b37-20-. The van der Waals surface area contributed by atoms with E-state index in [2.05, 4.69) is 31.3 Å². The topological polar surface area (TPSA) is 95.9 Å². The van der Waals surface area contributed by atoms with Gasteiger partial charge in [0, 0.05) is 12.8 Å². The molecular formula is C71H139NO5. The van der Waals surface area contributed by atoms with E-state index < -0.39 is 12.1 Å². The van der Waals surface area contributed by atoms with E-state index in [0.717, 1.165) is 44.9 Å². The lowest BCUT2D eigenvalue weighted by Gasteiger charge is -2.22. The molecule has 0 fully saturated rings. The molecule has 0 rings (SSSR count). The lowest BCUT2D eigenvalue weighted by Crippen LogP contribution is -2.45. The minimum absolute atomic E-state index is 0.00602. The second-order valence-electron chi connectivity index (χ2n) is 24.6. The monoisotopic (exact) mass is 1090 g/mol. The Bertz CT molecular complexity index is 1160. The van der Waals surface area contributed by atoms with Crippen LogP contribution in [0.25, 0.3) is 0 Å². The van der Waals surface area contributed by atoms with Crippen molar-refractivity contribution in [3.05, 3.63) is 12.2 Å². The second kappa shape index (κ2) is 67.1. The Hall–Kier alpha value is -1.40. The van der Waals surface area contributed by atoms with E-state index in [4.69, 9.17) is 4.74 Å². The number of carbonyl (C=O) groups is 2. The van der Waals surface area contributed by atoms with Gasteiger partial charge in [0.15, 0.2) is 0 Å². The number of carbonyl (C=O) groups excluding carboxylic acids is 2. The van der Waals surface area contributed by atoms with Crippen molar-refractivity contribution in [1.82, 2.24) is 5.32 Å². The fraction of sp³-hybridized carbons (Fsp3) is 0.944. The van der Waals surface area contributed by atoms with E-state index >= 15 is 0 Å². The maximum atomic E-state index is 12.6. The molecule has 0 aliphatic carbocycles. The number of nitrogens with one attached hydrogen (secondary N) is 1. The highest BCUT2D eigenvalue weighted by Gasteiger charge is 2.20. The van der Waals surface area contributed by atoms with E-state index in [0.29, 0.717) is 25.9 Å². The SMILES string of the molecule is CCCCCCCCC/C=C\CCCCCCCC(=O)OCCCCCCCCCCCCCCCCCCCCCCCC(=O)NC(CO)C(O)CCCCCCCCCCCCCCCCCCCCCCCCC. The van der Waals surface area contributed by atoms with Crippen molar-refractivity contribution in [3.8, 4) is 0 Å². The van der Waals surface area contributed by atoms with Gasteiger partial charge in [-0.25, -0.2) is 0 Å². The Kier molecular flexibility index (Phi) is 65.9. The van der Waals surface area contributed by atoms with Crippen molar-refractivity contribution < 1.29 is 24.5 Å². The van der Waals surface area contributed by atoms with E-state index in [-0.39, 0.29) is 18.5 Å². The van der Waals surface area contributed by atoms with Crippen LogP contribution in [-0.4, -0.2) is 47.4 Å². The first kappa shape index (κ1) is 75.6. The number of esters is 1. The molecule has 0 aromatic carbocycles. The molecular weight excluding hydrogens is 947 g/mol. The number of hydrogen-bond donors (Lipinski definition) is 3. The largest absolute Gasteiger partial charge is 0.466 e. The summed E-state index contributed by atoms with van der Waals surface area (Å²) in [6, 6.07) is -0.543. The first-order valence-corrected chi connectivity index (χ1v) is 35.4. The molecule has 0 bridgehead atoms. The summed E-state index contributed by atoms with van der Waals surface area (Å²) >= 11 is 0. The number of hydrogen-bond acceptors (Lipinski definition) is 5. The Morgan fingerprint density at radius 1 is 0.351 bits per heavy atom. The van der Waals surface area contributed by atoms with Gasteiger partial charge in [-0.2, -0.15) is 0 Å². The Morgan fingerprint density at radius 3 is 0.922 bits per heavy atom. The van der Waals surface area contributed by atoms with Crippen molar-refractivity contribution in [1.29, 1.82) is 0 Å². The average Bonchev–Trinajstić information content (AvgIpc) is 3.43. The number of aliphatic hydroxyl groups excluding tert-OH is 2. The summed E-state index contributed by atoms with van der Waals surface area (Å²) in [5.74, 6) is -0.0248. The van der Waals surface area contributed by atoms with Gasteiger partial charge in [0.1, 0.15) is 0 Å². The Morgan fingerprint density at radius 2 is 0.610 bits per heavy atom. The lowest BCUT2D eigenvalue weighted by molar-refractivity contribution is -0.143. The van der Waals surface area contributed by atoms with Gasteiger partial charge in [-0.1, -0.05) is 353 Å². The number of allylic oxidation sites excluding steroid dienone is 2. The fourth-order valence-electron chi connectivity index (χ4n) is 11.4. The van der Waals surface area contributed by atoms with E-state index in [1.807, 2.05) is 0 Å². The van der Waals surface area contributed by atoms with Crippen LogP contribution in [0.15, 0.2) is 12.2 Å². The molecule has 77 heavy (non-hydrogen) atoms. The predicted molar refractivity (Wildman–Crippen MR) is 338 cm³/mol. The van der Waals surface area contributed by atoms with Gasteiger partial charge in [0.05, 0.1) is 25.4 Å². The molecule has 0 saturated carbocycles. The molecule has 6 heteroatoms. The number of unbranched alkanes of at least 4 members (excludes halogenated alkanes) is 54. The quantitative estimate of drug-likeness (QED) is 0.0320. The van der Waals surface area contributed by atoms with Crippen LogP contribution in [0, 0.1) is 0 Å². The minimum atomic E-state index is -0.666. The van der Waals surface area contributed by atoms with Crippen LogP contribution >= 0.6 is 0 Å². The van der Waals surface area contributed by atoms with Gasteiger partial charge in [0.2, 0.25) is 5.91 Å². The first-order chi connectivity index (χ1) is 38.0. The molecule has 0 saturated heterocycles. The van der Waals surface area contributed by atoms with E-state index in [9.17, 15) is 19.8 Å². The molecule has 1 amide bonds. The van der Waals surface area contributed by atoms with Crippen molar-refractivity contribution in [2.24, 2.45) is 0 Å². The van der Waals surface area contributed by atoms with Crippen molar-refractivity contribution in [2.75, 3.05) is 13.2 Å². The molecule has 458 valence electrons. The number of ether oxygens (including phenoxy) is 1. The number of rotatable bonds is 67. The van der Waals surface area contributed by atoms with Crippen LogP contribution in [0.3, 0.4) is 0 Å². The van der Waals surface area contributed by atoms with Gasteiger partial charge in [-0.05, 0) is 51.4 Å². The first-order valence-electron chi connectivity index (χ1n) is 35.4. The zero-order valence-corrected chi connectivity index (χ0v) is 52.5. The molecule has 2 atom stereocenters. The summed E-state index contributed by atoms with van der Waals surface area (Å²) in [6.45, 7) is 4.99. The fourth-order valence-corrected chi connectivity index (χ4v) is 11.4. The molecule has 0 radical (unpaired) electrons. The van der Waals surface area contributed by atoms with E-state index in [1.165, 1.54) is 327 Å².